The lowest BCUT2D eigenvalue weighted by Gasteiger charge is -2.39. The number of hydrogen-bond acceptors (Lipinski definition) is 3. The minimum absolute atomic E-state index is 0.278. The third-order valence-electron chi connectivity index (χ3n) is 5.13. The van der Waals surface area contributed by atoms with Gasteiger partial charge in [0.1, 0.15) is 0 Å². The van der Waals surface area contributed by atoms with Crippen LogP contribution in [0.25, 0.3) is 0 Å². The average molecular weight is 394 g/mol. The van der Waals surface area contributed by atoms with Crippen LogP contribution in [0, 0.1) is 6.92 Å². The number of ether oxygens (including phenoxy) is 1. The molecule has 144 valence electrons. The van der Waals surface area contributed by atoms with Crippen LogP contribution in [0.5, 0.6) is 0 Å². The normalized spacial score (nSPS) is 20.8. The van der Waals surface area contributed by atoms with Gasteiger partial charge in [0.25, 0.3) is 0 Å². The van der Waals surface area contributed by atoms with Gasteiger partial charge in [-0.05, 0) is 30.2 Å². The molecule has 0 bridgehead atoms. The quantitative estimate of drug-likeness (QED) is 0.656. The van der Waals surface area contributed by atoms with Crippen molar-refractivity contribution in [3.05, 3.63) is 102 Å². The lowest BCUT2D eigenvalue weighted by molar-refractivity contribution is -0.0348. The molecule has 3 aromatic rings. The van der Waals surface area contributed by atoms with E-state index in [1.54, 1.807) is 16.4 Å². The van der Waals surface area contributed by atoms with Crippen molar-refractivity contribution in [2.45, 2.75) is 24.0 Å². The number of rotatable bonds is 4. The highest BCUT2D eigenvalue weighted by Crippen LogP contribution is 2.36. The van der Waals surface area contributed by atoms with E-state index in [-0.39, 0.29) is 18.7 Å². The summed E-state index contributed by atoms with van der Waals surface area (Å²) in [5, 5.41) is 0. The van der Waals surface area contributed by atoms with Crippen LogP contribution in [0.15, 0.2) is 89.8 Å². The van der Waals surface area contributed by atoms with Crippen molar-refractivity contribution in [3.63, 3.8) is 0 Å². The molecule has 0 amide bonds. The van der Waals surface area contributed by atoms with Gasteiger partial charge in [-0.3, -0.25) is 0 Å². The van der Waals surface area contributed by atoms with E-state index >= 15 is 0 Å². The molecule has 3 aromatic carbocycles. The van der Waals surface area contributed by atoms with Gasteiger partial charge in [0, 0.05) is 6.54 Å². The Morgan fingerprint density at radius 1 is 0.821 bits per heavy atom. The minimum Gasteiger partial charge on any atom is -0.370 e. The number of morpholine rings is 1. The number of hydrogen-bond donors (Lipinski definition) is 0. The molecular weight excluding hydrogens is 370 g/mol. The standard InChI is InChI=1S/C23H23NO3S/c1-18-12-14-21(15-13-18)28(25,26)24-16-23(20-10-6-3-7-11-20)27-17-22(24)19-8-4-2-5-9-19/h2-15,22-23H,16-17H2,1H3/t22-,23-/m0/s1. The number of sulfonamides is 1. The van der Waals surface area contributed by atoms with E-state index < -0.39 is 10.0 Å². The third-order valence-corrected chi connectivity index (χ3v) is 7.02. The molecule has 0 radical (unpaired) electrons. The molecule has 2 atom stereocenters. The Bertz CT molecular complexity index is 1020. The molecule has 0 unspecified atom stereocenters. The topological polar surface area (TPSA) is 46.6 Å². The first-order valence-electron chi connectivity index (χ1n) is 9.36. The van der Waals surface area contributed by atoms with Crippen LogP contribution in [0.1, 0.15) is 28.8 Å². The van der Waals surface area contributed by atoms with Crippen molar-refractivity contribution < 1.29 is 13.2 Å². The van der Waals surface area contributed by atoms with E-state index in [1.807, 2.05) is 79.7 Å². The van der Waals surface area contributed by atoms with Crippen LogP contribution in [0.2, 0.25) is 0 Å². The molecule has 1 heterocycles. The summed E-state index contributed by atoms with van der Waals surface area (Å²) in [4.78, 5) is 0.313. The summed E-state index contributed by atoms with van der Waals surface area (Å²) in [5.74, 6) is 0. The molecule has 0 aromatic heterocycles. The van der Waals surface area contributed by atoms with E-state index in [0.717, 1.165) is 16.7 Å². The Balaban J connectivity index is 1.73. The summed E-state index contributed by atoms with van der Waals surface area (Å²) < 4.78 is 34.8. The fraction of sp³-hybridized carbons (Fsp3) is 0.217. The Morgan fingerprint density at radius 3 is 2.00 bits per heavy atom. The van der Waals surface area contributed by atoms with Gasteiger partial charge in [-0.25, -0.2) is 8.42 Å². The van der Waals surface area contributed by atoms with Crippen molar-refractivity contribution >= 4 is 10.0 Å². The van der Waals surface area contributed by atoms with Crippen molar-refractivity contribution in [2.24, 2.45) is 0 Å². The maximum atomic E-state index is 13.5. The highest BCUT2D eigenvalue weighted by Gasteiger charge is 2.39. The molecule has 0 saturated carbocycles. The summed E-state index contributed by atoms with van der Waals surface area (Å²) in [6, 6.07) is 26.1. The fourth-order valence-corrected chi connectivity index (χ4v) is 5.15. The van der Waals surface area contributed by atoms with Gasteiger partial charge >= 0.3 is 0 Å². The smallest absolute Gasteiger partial charge is 0.243 e. The second-order valence-electron chi connectivity index (χ2n) is 7.05. The first-order chi connectivity index (χ1) is 13.6. The lowest BCUT2D eigenvalue weighted by Crippen LogP contribution is -2.44. The van der Waals surface area contributed by atoms with Crippen molar-refractivity contribution in [2.75, 3.05) is 13.2 Å². The molecular formula is C23H23NO3S. The van der Waals surface area contributed by atoms with E-state index in [4.69, 9.17) is 4.74 Å². The Morgan fingerprint density at radius 2 is 1.39 bits per heavy atom. The maximum absolute atomic E-state index is 13.5. The largest absolute Gasteiger partial charge is 0.370 e. The molecule has 0 aliphatic carbocycles. The van der Waals surface area contributed by atoms with E-state index in [2.05, 4.69) is 0 Å². The van der Waals surface area contributed by atoms with Gasteiger partial charge in [-0.1, -0.05) is 78.4 Å². The summed E-state index contributed by atoms with van der Waals surface area (Å²) in [7, 11) is -3.66. The van der Waals surface area contributed by atoms with Gasteiger partial charge in [-0.15, -0.1) is 0 Å². The van der Waals surface area contributed by atoms with Crippen LogP contribution in [0.3, 0.4) is 0 Å². The Labute approximate surface area is 166 Å². The molecule has 1 aliphatic rings. The number of aryl methyl sites for hydroxylation is 1. The first kappa shape index (κ1) is 18.9. The third kappa shape index (κ3) is 3.74. The monoisotopic (exact) mass is 393 g/mol. The van der Waals surface area contributed by atoms with Crippen LogP contribution >= 0.6 is 0 Å². The second-order valence-corrected chi connectivity index (χ2v) is 8.94. The van der Waals surface area contributed by atoms with Crippen LogP contribution in [-0.2, 0) is 14.8 Å². The molecule has 0 spiro atoms. The molecule has 1 saturated heterocycles. The SMILES string of the molecule is Cc1ccc(S(=O)(=O)N2C[C@@H](c3ccccc3)OC[C@H]2c2ccccc2)cc1. The first-order valence-corrected chi connectivity index (χ1v) is 10.8. The zero-order valence-electron chi connectivity index (χ0n) is 15.7. The summed E-state index contributed by atoms with van der Waals surface area (Å²) in [6.07, 6.45) is -0.290. The average Bonchev–Trinajstić information content (AvgIpc) is 2.75. The minimum atomic E-state index is -3.66. The van der Waals surface area contributed by atoms with Gasteiger partial charge < -0.3 is 4.74 Å². The van der Waals surface area contributed by atoms with E-state index in [9.17, 15) is 8.42 Å². The molecule has 28 heavy (non-hydrogen) atoms. The Hall–Kier alpha value is -2.47. The van der Waals surface area contributed by atoms with Crippen molar-refractivity contribution in [1.29, 1.82) is 0 Å². The lowest BCUT2D eigenvalue weighted by atomic mass is 10.0. The highest BCUT2D eigenvalue weighted by atomic mass is 32.2. The molecule has 0 N–H and O–H groups in total. The molecule has 1 fully saturated rings. The predicted molar refractivity (Wildman–Crippen MR) is 109 cm³/mol. The van der Waals surface area contributed by atoms with Crippen LogP contribution in [0.4, 0.5) is 0 Å². The van der Waals surface area contributed by atoms with Crippen molar-refractivity contribution in [1.82, 2.24) is 4.31 Å². The summed E-state index contributed by atoms with van der Waals surface area (Å²) in [5.41, 5.74) is 2.95. The van der Waals surface area contributed by atoms with Gasteiger partial charge in [0.05, 0.1) is 23.6 Å². The maximum Gasteiger partial charge on any atom is 0.243 e. The zero-order valence-corrected chi connectivity index (χ0v) is 16.5. The van der Waals surface area contributed by atoms with Gasteiger partial charge in [0.2, 0.25) is 10.0 Å². The highest BCUT2D eigenvalue weighted by molar-refractivity contribution is 7.89. The van der Waals surface area contributed by atoms with E-state index in [1.165, 1.54) is 0 Å². The van der Waals surface area contributed by atoms with Gasteiger partial charge in [0.15, 0.2) is 0 Å². The fourth-order valence-electron chi connectivity index (χ4n) is 3.55. The molecule has 4 nitrogen and oxygen atoms in total. The zero-order chi connectivity index (χ0) is 19.6. The Kier molecular flexibility index (Phi) is 5.31. The summed E-state index contributed by atoms with van der Waals surface area (Å²) >= 11 is 0. The second kappa shape index (κ2) is 7.87. The number of nitrogens with zero attached hydrogens (tertiary/aromatic N) is 1. The van der Waals surface area contributed by atoms with Crippen molar-refractivity contribution in [3.8, 4) is 0 Å². The predicted octanol–water partition coefficient (Wildman–Crippen LogP) is 4.50. The molecule has 1 aliphatic heterocycles. The molecule has 5 heteroatoms. The van der Waals surface area contributed by atoms with E-state index in [0.29, 0.717) is 11.5 Å². The summed E-state index contributed by atoms with van der Waals surface area (Å²) in [6.45, 7) is 2.54. The molecule has 4 rings (SSSR count). The number of benzene rings is 3. The van der Waals surface area contributed by atoms with Crippen LogP contribution < -0.4 is 0 Å². The van der Waals surface area contributed by atoms with Crippen LogP contribution in [-0.4, -0.2) is 25.9 Å². The van der Waals surface area contributed by atoms with Gasteiger partial charge in [-0.2, -0.15) is 4.31 Å².